The van der Waals surface area contributed by atoms with E-state index in [1.165, 1.54) is 5.56 Å². The summed E-state index contributed by atoms with van der Waals surface area (Å²) in [5.41, 5.74) is 5.21. The van der Waals surface area contributed by atoms with Gasteiger partial charge in [0.2, 0.25) is 0 Å². The van der Waals surface area contributed by atoms with Crippen LogP contribution in [0.1, 0.15) is 38.7 Å². The molecule has 0 saturated carbocycles. The molecule has 1 heterocycles. The van der Waals surface area contributed by atoms with E-state index in [1.54, 1.807) is 12.1 Å². The molecule has 1 aromatic rings. The second kappa shape index (κ2) is 4.98. The molecule has 1 aliphatic rings. The summed E-state index contributed by atoms with van der Waals surface area (Å²) in [6.07, 6.45) is 3.00. The maximum Gasteiger partial charge on any atom is 0.123 e. The molecular weight excluding hydrogens is 229 g/mol. The molecule has 3 N–H and O–H groups in total. The molecular formula is C15H23FNO+. The van der Waals surface area contributed by atoms with Gasteiger partial charge in [-0.15, -0.1) is 0 Å². The fourth-order valence-corrected chi connectivity index (χ4v) is 3.22. The molecule has 2 nitrogen and oxygen atoms in total. The lowest BCUT2D eigenvalue weighted by Gasteiger charge is -2.45. The first-order valence-electron chi connectivity index (χ1n) is 6.67. The summed E-state index contributed by atoms with van der Waals surface area (Å²) in [5, 5.41) is 0. The van der Waals surface area contributed by atoms with Crippen LogP contribution in [0, 0.1) is 5.82 Å². The van der Waals surface area contributed by atoms with Gasteiger partial charge in [-0.2, -0.15) is 0 Å². The Labute approximate surface area is 108 Å². The molecule has 1 saturated heterocycles. The standard InChI is InChI=1S/C15H22FNO/c1-14(2)11-15(7-9-17,8-10-18-14)12-3-5-13(16)6-4-12/h3-6H,7-11,17H2,1-2H3/p+1/t15-/m0/s1. The maximum absolute atomic E-state index is 13.1. The van der Waals surface area contributed by atoms with Gasteiger partial charge in [0.1, 0.15) is 5.82 Å². The van der Waals surface area contributed by atoms with Crippen LogP contribution in [-0.4, -0.2) is 18.8 Å². The first-order chi connectivity index (χ1) is 8.47. The van der Waals surface area contributed by atoms with E-state index in [4.69, 9.17) is 4.74 Å². The summed E-state index contributed by atoms with van der Waals surface area (Å²) in [5.74, 6) is -0.171. The Morgan fingerprint density at radius 1 is 1.28 bits per heavy atom. The summed E-state index contributed by atoms with van der Waals surface area (Å²) in [6.45, 7) is 5.93. The normalized spacial score (nSPS) is 27.1. The van der Waals surface area contributed by atoms with Crippen molar-refractivity contribution in [2.45, 2.75) is 44.1 Å². The van der Waals surface area contributed by atoms with Crippen LogP contribution in [0.3, 0.4) is 0 Å². The zero-order valence-electron chi connectivity index (χ0n) is 11.3. The van der Waals surface area contributed by atoms with Crippen molar-refractivity contribution in [1.29, 1.82) is 0 Å². The topological polar surface area (TPSA) is 36.9 Å². The van der Waals surface area contributed by atoms with Crippen LogP contribution >= 0.6 is 0 Å². The SMILES string of the molecule is CC1(C)C[C@@](CC[NH3+])(c2ccc(F)cc2)CCO1. The lowest BCUT2D eigenvalue weighted by Crippen LogP contribution is -2.55. The minimum absolute atomic E-state index is 0.0944. The van der Waals surface area contributed by atoms with Gasteiger partial charge in [0.25, 0.3) is 0 Å². The van der Waals surface area contributed by atoms with Crippen LogP contribution < -0.4 is 5.73 Å². The highest BCUT2D eigenvalue weighted by molar-refractivity contribution is 5.27. The second-order valence-corrected chi connectivity index (χ2v) is 5.93. The lowest BCUT2D eigenvalue weighted by molar-refractivity contribution is -0.372. The van der Waals surface area contributed by atoms with Crippen molar-refractivity contribution in [3.8, 4) is 0 Å². The molecule has 1 aliphatic heterocycles. The Morgan fingerprint density at radius 3 is 2.50 bits per heavy atom. The predicted molar refractivity (Wildman–Crippen MR) is 69.7 cm³/mol. The number of halogens is 1. The van der Waals surface area contributed by atoms with Crippen LogP contribution in [0.4, 0.5) is 4.39 Å². The monoisotopic (exact) mass is 252 g/mol. The van der Waals surface area contributed by atoms with Crippen LogP contribution in [0.2, 0.25) is 0 Å². The summed E-state index contributed by atoms with van der Waals surface area (Å²) in [4.78, 5) is 0. The van der Waals surface area contributed by atoms with Gasteiger partial charge < -0.3 is 10.5 Å². The molecule has 100 valence electrons. The van der Waals surface area contributed by atoms with Crippen molar-refractivity contribution < 1.29 is 14.9 Å². The van der Waals surface area contributed by atoms with Crippen molar-refractivity contribution in [1.82, 2.24) is 0 Å². The zero-order valence-corrected chi connectivity index (χ0v) is 11.3. The van der Waals surface area contributed by atoms with Gasteiger partial charge in [-0.1, -0.05) is 12.1 Å². The Kier molecular flexibility index (Phi) is 3.74. The molecule has 0 aliphatic carbocycles. The van der Waals surface area contributed by atoms with E-state index >= 15 is 0 Å². The Hall–Kier alpha value is -0.930. The van der Waals surface area contributed by atoms with Crippen molar-refractivity contribution in [2.24, 2.45) is 0 Å². The summed E-state index contributed by atoms with van der Waals surface area (Å²) in [6, 6.07) is 6.96. The quantitative estimate of drug-likeness (QED) is 0.880. The molecule has 0 unspecified atom stereocenters. The molecule has 3 heteroatoms. The first kappa shape index (κ1) is 13.5. The van der Waals surface area contributed by atoms with Gasteiger partial charge in [-0.05, 0) is 44.4 Å². The Balaban J connectivity index is 2.34. The minimum Gasteiger partial charge on any atom is -0.376 e. The molecule has 1 atom stereocenters. The van der Waals surface area contributed by atoms with Gasteiger partial charge in [0, 0.05) is 18.4 Å². The van der Waals surface area contributed by atoms with E-state index in [0.717, 1.165) is 32.4 Å². The summed E-state index contributed by atoms with van der Waals surface area (Å²) >= 11 is 0. The highest BCUT2D eigenvalue weighted by atomic mass is 19.1. The Bertz CT molecular complexity index is 397. The third-order valence-corrected chi connectivity index (χ3v) is 3.95. The number of benzene rings is 1. The number of hydrogen-bond acceptors (Lipinski definition) is 1. The summed E-state index contributed by atoms with van der Waals surface area (Å²) < 4.78 is 18.9. The molecule has 2 rings (SSSR count). The molecule has 1 aromatic carbocycles. The molecule has 1 fully saturated rings. The smallest absolute Gasteiger partial charge is 0.123 e. The van der Waals surface area contributed by atoms with Gasteiger partial charge in [0.15, 0.2) is 0 Å². The average molecular weight is 252 g/mol. The van der Waals surface area contributed by atoms with Gasteiger partial charge in [-0.25, -0.2) is 4.39 Å². The third kappa shape index (κ3) is 2.73. The predicted octanol–water partition coefficient (Wildman–Crippen LogP) is 2.28. The van der Waals surface area contributed by atoms with E-state index in [2.05, 4.69) is 19.6 Å². The largest absolute Gasteiger partial charge is 0.376 e. The van der Waals surface area contributed by atoms with E-state index < -0.39 is 0 Å². The minimum atomic E-state index is -0.171. The van der Waals surface area contributed by atoms with Crippen LogP contribution in [-0.2, 0) is 10.2 Å². The third-order valence-electron chi connectivity index (χ3n) is 3.95. The molecule has 0 amide bonds. The van der Waals surface area contributed by atoms with Crippen LogP contribution in [0.15, 0.2) is 24.3 Å². The maximum atomic E-state index is 13.1. The van der Waals surface area contributed by atoms with E-state index in [-0.39, 0.29) is 16.8 Å². The number of rotatable bonds is 3. The van der Waals surface area contributed by atoms with E-state index in [0.29, 0.717) is 0 Å². The van der Waals surface area contributed by atoms with Crippen LogP contribution in [0.25, 0.3) is 0 Å². The van der Waals surface area contributed by atoms with Gasteiger partial charge in [0.05, 0.1) is 12.1 Å². The van der Waals surface area contributed by atoms with E-state index in [1.807, 2.05) is 12.1 Å². The molecule has 0 radical (unpaired) electrons. The fraction of sp³-hybridized carbons (Fsp3) is 0.600. The first-order valence-corrected chi connectivity index (χ1v) is 6.67. The highest BCUT2D eigenvalue weighted by Crippen LogP contribution is 2.43. The Morgan fingerprint density at radius 2 is 1.94 bits per heavy atom. The molecule has 18 heavy (non-hydrogen) atoms. The zero-order chi connectivity index (χ0) is 13.2. The van der Waals surface area contributed by atoms with Crippen LogP contribution in [0.5, 0.6) is 0 Å². The van der Waals surface area contributed by atoms with Gasteiger partial charge >= 0.3 is 0 Å². The summed E-state index contributed by atoms with van der Waals surface area (Å²) in [7, 11) is 0. The molecule has 0 spiro atoms. The average Bonchev–Trinajstić information content (AvgIpc) is 2.28. The number of hydrogen-bond donors (Lipinski definition) is 1. The molecule has 0 bridgehead atoms. The van der Waals surface area contributed by atoms with Crippen molar-refractivity contribution in [3.63, 3.8) is 0 Å². The van der Waals surface area contributed by atoms with Crippen molar-refractivity contribution in [3.05, 3.63) is 35.6 Å². The fourth-order valence-electron chi connectivity index (χ4n) is 3.22. The lowest BCUT2D eigenvalue weighted by atomic mass is 9.67. The van der Waals surface area contributed by atoms with Crippen molar-refractivity contribution in [2.75, 3.05) is 13.2 Å². The second-order valence-electron chi connectivity index (χ2n) is 5.93. The van der Waals surface area contributed by atoms with E-state index in [9.17, 15) is 4.39 Å². The van der Waals surface area contributed by atoms with Crippen molar-refractivity contribution >= 4 is 0 Å². The molecule has 0 aromatic heterocycles. The highest BCUT2D eigenvalue weighted by Gasteiger charge is 2.41. The van der Waals surface area contributed by atoms with Gasteiger partial charge in [-0.3, -0.25) is 0 Å². The number of quaternary nitrogens is 1. The number of ether oxygens (including phenoxy) is 1.